The molecule has 0 fully saturated rings. The summed E-state index contributed by atoms with van der Waals surface area (Å²) >= 11 is 0. The number of hydrogen-bond acceptors (Lipinski definition) is 5. The molecule has 5 N–H and O–H groups in total. The van der Waals surface area contributed by atoms with Crippen molar-refractivity contribution >= 4 is 11.7 Å². The van der Waals surface area contributed by atoms with Crippen molar-refractivity contribution in [3.05, 3.63) is 23.8 Å². The maximum absolute atomic E-state index is 12.3. The largest absolute Gasteiger partial charge is 0.504 e. The van der Waals surface area contributed by atoms with Gasteiger partial charge in [0.05, 0.1) is 5.56 Å². The Morgan fingerprint density at radius 1 is 1.45 bits per heavy atom. The molecule has 0 saturated carbocycles. The fourth-order valence-electron chi connectivity index (χ4n) is 1.75. The van der Waals surface area contributed by atoms with Crippen LogP contribution >= 0.6 is 0 Å². The van der Waals surface area contributed by atoms with E-state index in [1.54, 1.807) is 13.8 Å². The average Bonchev–Trinajstić information content (AvgIpc) is 2.45. The normalized spacial score (nSPS) is 13.0. The zero-order valence-electron chi connectivity index (χ0n) is 11.4. The van der Waals surface area contributed by atoms with E-state index in [0.717, 1.165) is 0 Å². The van der Waals surface area contributed by atoms with Crippen molar-refractivity contribution in [3.8, 4) is 11.5 Å². The van der Waals surface area contributed by atoms with Gasteiger partial charge in [-0.3, -0.25) is 4.79 Å². The smallest absolute Gasteiger partial charge is 0.257 e. The molecule has 0 saturated heterocycles. The van der Waals surface area contributed by atoms with Gasteiger partial charge in [-0.25, -0.2) is 0 Å². The van der Waals surface area contributed by atoms with Gasteiger partial charge in [0.2, 0.25) is 0 Å². The van der Waals surface area contributed by atoms with Gasteiger partial charge in [0.25, 0.3) is 5.91 Å². The quantitative estimate of drug-likeness (QED) is 0.210. The van der Waals surface area contributed by atoms with E-state index < -0.39 is 11.7 Å². The second-order valence-electron chi connectivity index (χ2n) is 4.44. The third-order valence-corrected chi connectivity index (χ3v) is 3.03. The molecular formula is C13H19N3O4. The molecule has 7 nitrogen and oxygen atoms in total. The van der Waals surface area contributed by atoms with E-state index >= 15 is 0 Å². The van der Waals surface area contributed by atoms with Gasteiger partial charge in [-0.05, 0) is 19.1 Å². The number of nitrogens with two attached hydrogens (primary N) is 1. The predicted octanol–water partition coefficient (Wildman–Crippen LogP) is 0.942. The van der Waals surface area contributed by atoms with E-state index in [-0.39, 0.29) is 29.6 Å². The van der Waals surface area contributed by atoms with Crippen LogP contribution < -0.4 is 5.73 Å². The zero-order valence-corrected chi connectivity index (χ0v) is 11.4. The number of aromatic hydroxyl groups is 2. The van der Waals surface area contributed by atoms with Crippen molar-refractivity contribution in [2.24, 2.45) is 16.8 Å². The number of phenolic OH excluding ortho intramolecular Hbond substituents is 2. The molecule has 7 heteroatoms. The van der Waals surface area contributed by atoms with Crippen LogP contribution in [-0.4, -0.2) is 45.2 Å². The first-order valence-electron chi connectivity index (χ1n) is 6.20. The van der Waals surface area contributed by atoms with E-state index in [9.17, 15) is 15.0 Å². The maximum Gasteiger partial charge on any atom is 0.257 e. The molecule has 1 aromatic rings. The van der Waals surface area contributed by atoms with Crippen molar-refractivity contribution in [1.82, 2.24) is 4.90 Å². The Balaban J connectivity index is 2.95. The SMILES string of the molecule is CCN(CC(C)/C(N)=N/O)C(=O)c1cccc(O)c1O. The molecule has 1 atom stereocenters. The molecule has 0 aliphatic heterocycles. The van der Waals surface area contributed by atoms with Gasteiger partial charge in [0, 0.05) is 19.0 Å². The summed E-state index contributed by atoms with van der Waals surface area (Å²) in [4.78, 5) is 13.7. The highest BCUT2D eigenvalue weighted by Gasteiger charge is 2.22. The predicted molar refractivity (Wildman–Crippen MR) is 73.9 cm³/mol. The van der Waals surface area contributed by atoms with Crippen LogP contribution in [-0.2, 0) is 0 Å². The lowest BCUT2D eigenvalue weighted by molar-refractivity contribution is 0.0750. The first kappa shape index (κ1) is 15.6. The molecule has 20 heavy (non-hydrogen) atoms. The van der Waals surface area contributed by atoms with Gasteiger partial charge >= 0.3 is 0 Å². The van der Waals surface area contributed by atoms with E-state index in [4.69, 9.17) is 10.9 Å². The van der Waals surface area contributed by atoms with Gasteiger partial charge in [0.1, 0.15) is 5.84 Å². The van der Waals surface area contributed by atoms with Crippen molar-refractivity contribution in [1.29, 1.82) is 0 Å². The standard InChI is InChI=1S/C13H19N3O4/c1-3-16(7-8(2)12(14)15-20)13(19)9-5-4-6-10(17)11(9)18/h4-6,8,17-18,20H,3,7H2,1-2H3,(H2,14,15). The first-order valence-corrected chi connectivity index (χ1v) is 6.20. The van der Waals surface area contributed by atoms with Crippen LogP contribution in [0.15, 0.2) is 23.4 Å². The lowest BCUT2D eigenvalue weighted by Crippen LogP contribution is -2.38. The number of hydrogen-bond donors (Lipinski definition) is 4. The highest BCUT2D eigenvalue weighted by Crippen LogP contribution is 2.29. The molecule has 1 amide bonds. The van der Waals surface area contributed by atoms with Crippen LogP contribution in [0.4, 0.5) is 0 Å². The van der Waals surface area contributed by atoms with Crippen molar-refractivity contribution in [3.63, 3.8) is 0 Å². The summed E-state index contributed by atoms with van der Waals surface area (Å²) in [6.45, 7) is 4.11. The second kappa shape index (κ2) is 6.65. The Bertz CT molecular complexity index is 516. The number of carbonyl (C=O) groups excluding carboxylic acids is 1. The lowest BCUT2D eigenvalue weighted by atomic mass is 10.1. The molecule has 0 spiro atoms. The van der Waals surface area contributed by atoms with E-state index in [1.807, 2.05) is 0 Å². The number of amides is 1. The molecular weight excluding hydrogens is 262 g/mol. The Hall–Kier alpha value is -2.44. The Kier molecular flexibility index (Phi) is 5.19. The van der Waals surface area contributed by atoms with Gasteiger partial charge in [-0.1, -0.05) is 18.1 Å². The minimum Gasteiger partial charge on any atom is -0.504 e. The van der Waals surface area contributed by atoms with E-state index in [0.29, 0.717) is 6.54 Å². The van der Waals surface area contributed by atoms with Gasteiger partial charge in [0.15, 0.2) is 11.5 Å². The second-order valence-corrected chi connectivity index (χ2v) is 4.44. The molecule has 1 rings (SSSR count). The third kappa shape index (κ3) is 3.31. The summed E-state index contributed by atoms with van der Waals surface area (Å²) in [6.07, 6.45) is 0. The number of amidine groups is 1. The van der Waals surface area contributed by atoms with Crippen molar-refractivity contribution in [2.75, 3.05) is 13.1 Å². The first-order chi connectivity index (χ1) is 9.42. The van der Waals surface area contributed by atoms with Gasteiger partial charge in [-0.15, -0.1) is 0 Å². The molecule has 0 aromatic heterocycles. The molecule has 110 valence electrons. The molecule has 0 bridgehead atoms. The van der Waals surface area contributed by atoms with Crippen LogP contribution in [0.1, 0.15) is 24.2 Å². The molecule has 0 radical (unpaired) electrons. The summed E-state index contributed by atoms with van der Waals surface area (Å²) in [7, 11) is 0. The van der Waals surface area contributed by atoms with E-state index in [2.05, 4.69) is 5.16 Å². The molecule has 1 aromatic carbocycles. The number of rotatable bonds is 5. The summed E-state index contributed by atoms with van der Waals surface area (Å²) in [5, 5.41) is 30.7. The Morgan fingerprint density at radius 3 is 2.65 bits per heavy atom. The van der Waals surface area contributed by atoms with Gasteiger partial charge in [-0.2, -0.15) is 0 Å². The monoisotopic (exact) mass is 281 g/mol. The van der Waals surface area contributed by atoms with Crippen molar-refractivity contribution in [2.45, 2.75) is 13.8 Å². The lowest BCUT2D eigenvalue weighted by Gasteiger charge is -2.24. The van der Waals surface area contributed by atoms with Crippen LogP contribution in [0, 0.1) is 5.92 Å². The molecule has 0 aliphatic carbocycles. The minimum absolute atomic E-state index is 0.0126. The van der Waals surface area contributed by atoms with Gasteiger partial charge < -0.3 is 26.1 Å². The number of phenols is 2. The molecule has 1 unspecified atom stereocenters. The minimum atomic E-state index is -0.451. The number of nitrogens with zero attached hydrogens (tertiary/aromatic N) is 2. The number of oxime groups is 1. The fraction of sp³-hybridized carbons (Fsp3) is 0.385. The Morgan fingerprint density at radius 2 is 2.10 bits per heavy atom. The number of benzene rings is 1. The number of para-hydroxylation sites is 1. The van der Waals surface area contributed by atoms with Crippen LogP contribution in [0.3, 0.4) is 0 Å². The average molecular weight is 281 g/mol. The van der Waals surface area contributed by atoms with Crippen LogP contribution in [0.5, 0.6) is 11.5 Å². The molecule has 0 aliphatic rings. The van der Waals surface area contributed by atoms with Crippen molar-refractivity contribution < 1.29 is 20.2 Å². The topological polar surface area (TPSA) is 119 Å². The number of carbonyl (C=O) groups is 1. The molecule has 0 heterocycles. The highest BCUT2D eigenvalue weighted by atomic mass is 16.4. The maximum atomic E-state index is 12.3. The van der Waals surface area contributed by atoms with Crippen LogP contribution in [0.25, 0.3) is 0 Å². The van der Waals surface area contributed by atoms with Crippen LogP contribution in [0.2, 0.25) is 0 Å². The zero-order chi connectivity index (χ0) is 15.3. The Labute approximate surface area is 116 Å². The summed E-state index contributed by atoms with van der Waals surface area (Å²) in [5.74, 6) is -1.54. The van der Waals surface area contributed by atoms with E-state index in [1.165, 1.54) is 23.1 Å². The third-order valence-electron chi connectivity index (χ3n) is 3.03. The highest BCUT2D eigenvalue weighted by molar-refractivity contribution is 5.98. The fourth-order valence-corrected chi connectivity index (χ4v) is 1.75. The summed E-state index contributed by atoms with van der Waals surface area (Å²) in [6, 6.07) is 4.19. The summed E-state index contributed by atoms with van der Waals surface area (Å²) < 4.78 is 0. The summed E-state index contributed by atoms with van der Waals surface area (Å²) in [5.41, 5.74) is 5.50.